The van der Waals surface area contributed by atoms with Crippen molar-refractivity contribution >= 4 is 21.6 Å². The van der Waals surface area contributed by atoms with Gasteiger partial charge in [0.05, 0.1) is 19.0 Å². The molecule has 1 aliphatic heterocycles. The fourth-order valence-electron chi connectivity index (χ4n) is 2.23. The monoisotopic (exact) mass is 321 g/mol. The van der Waals surface area contributed by atoms with Gasteiger partial charge in [0.1, 0.15) is 0 Å². The third kappa shape index (κ3) is 3.52. The first kappa shape index (κ1) is 15.8. The van der Waals surface area contributed by atoms with Crippen molar-refractivity contribution in [1.29, 1.82) is 0 Å². The van der Waals surface area contributed by atoms with Crippen LogP contribution in [0.4, 0.5) is 0 Å². The molecule has 20 heavy (non-hydrogen) atoms. The molecule has 0 radical (unpaired) electrons. The summed E-state index contributed by atoms with van der Waals surface area (Å²) in [4.78, 5) is 3.99. The minimum absolute atomic E-state index is 0.105. The molecule has 6 nitrogen and oxygen atoms in total. The Morgan fingerprint density at radius 2 is 2.15 bits per heavy atom. The fraction of sp³-hybridized carbons (Fsp3) is 0.750. The van der Waals surface area contributed by atoms with E-state index in [9.17, 15) is 8.42 Å². The molecular weight excluding hydrogens is 302 g/mol. The number of aryl methyl sites for hydroxylation is 1. The van der Waals surface area contributed by atoms with Gasteiger partial charge in [0.2, 0.25) is 0 Å². The summed E-state index contributed by atoms with van der Waals surface area (Å²) in [5.74, 6) is 0.465. The normalized spacial score (nSPS) is 18.5. The molecule has 0 saturated carbocycles. The molecule has 2 heterocycles. The summed E-state index contributed by atoms with van der Waals surface area (Å²) in [6.07, 6.45) is 4.62. The number of piperidine rings is 1. The van der Waals surface area contributed by atoms with Gasteiger partial charge in [0.15, 0.2) is 5.03 Å². The first-order valence-corrected chi connectivity index (χ1v) is 8.75. The van der Waals surface area contributed by atoms with Gasteiger partial charge in [-0.15, -0.1) is 11.6 Å². The summed E-state index contributed by atoms with van der Waals surface area (Å²) in [7, 11) is -3.48. The number of imidazole rings is 1. The van der Waals surface area contributed by atoms with E-state index in [4.69, 9.17) is 16.3 Å². The third-order valence-electron chi connectivity index (χ3n) is 3.41. The molecule has 1 saturated heterocycles. The van der Waals surface area contributed by atoms with Crippen LogP contribution >= 0.6 is 11.6 Å². The Balaban J connectivity index is 1.98. The van der Waals surface area contributed by atoms with Crippen LogP contribution in [0.1, 0.15) is 19.8 Å². The van der Waals surface area contributed by atoms with Gasteiger partial charge in [0, 0.05) is 31.7 Å². The van der Waals surface area contributed by atoms with Gasteiger partial charge in [0.25, 0.3) is 10.0 Å². The van der Waals surface area contributed by atoms with Crippen LogP contribution in [0.5, 0.6) is 0 Å². The predicted octanol–water partition coefficient (Wildman–Crippen LogP) is 1.31. The summed E-state index contributed by atoms with van der Waals surface area (Å²) in [5.41, 5.74) is 0. The first-order valence-electron chi connectivity index (χ1n) is 6.77. The molecule has 0 aliphatic carbocycles. The van der Waals surface area contributed by atoms with Gasteiger partial charge in [-0.05, 0) is 19.8 Å². The lowest BCUT2D eigenvalue weighted by Crippen LogP contribution is -2.41. The van der Waals surface area contributed by atoms with Gasteiger partial charge in [-0.2, -0.15) is 4.31 Å². The Kier molecular flexibility index (Phi) is 5.42. The second-order valence-electron chi connectivity index (χ2n) is 4.71. The quantitative estimate of drug-likeness (QED) is 0.741. The molecule has 0 atom stereocenters. The molecular formula is C12H20ClN3O3S. The van der Waals surface area contributed by atoms with E-state index in [2.05, 4.69) is 4.98 Å². The van der Waals surface area contributed by atoms with Crippen LogP contribution in [-0.4, -0.2) is 54.0 Å². The molecule has 1 fully saturated rings. The summed E-state index contributed by atoms with van der Waals surface area (Å²) < 4.78 is 33.6. The first-order chi connectivity index (χ1) is 9.57. The van der Waals surface area contributed by atoms with E-state index in [0.29, 0.717) is 45.0 Å². The molecule has 8 heteroatoms. The molecule has 2 rings (SSSR count). The number of nitrogens with zero attached hydrogens (tertiary/aromatic N) is 3. The lowest BCUT2D eigenvalue weighted by atomic mass is 10.1. The van der Waals surface area contributed by atoms with Crippen LogP contribution in [0.25, 0.3) is 0 Å². The van der Waals surface area contributed by atoms with E-state index in [1.54, 1.807) is 17.1 Å². The Morgan fingerprint density at radius 1 is 1.45 bits per heavy atom. The zero-order chi connectivity index (χ0) is 14.6. The van der Waals surface area contributed by atoms with E-state index < -0.39 is 10.0 Å². The number of rotatable bonds is 6. The van der Waals surface area contributed by atoms with Gasteiger partial charge >= 0.3 is 0 Å². The minimum atomic E-state index is -3.48. The van der Waals surface area contributed by atoms with Crippen LogP contribution in [-0.2, 0) is 21.3 Å². The van der Waals surface area contributed by atoms with Gasteiger partial charge in [-0.3, -0.25) is 0 Å². The summed E-state index contributed by atoms with van der Waals surface area (Å²) in [5, 5.41) is 0.125. The lowest BCUT2D eigenvalue weighted by Gasteiger charge is -2.30. The largest absolute Gasteiger partial charge is 0.377 e. The average molecular weight is 322 g/mol. The van der Waals surface area contributed by atoms with Crippen LogP contribution in [0, 0.1) is 0 Å². The van der Waals surface area contributed by atoms with Crippen molar-refractivity contribution in [3.8, 4) is 0 Å². The SMILES string of the molecule is CCn1cnc(S(=O)(=O)N2CCC(OCCCl)CC2)c1. The van der Waals surface area contributed by atoms with Crippen LogP contribution in [0.15, 0.2) is 17.6 Å². The maximum atomic E-state index is 12.4. The second-order valence-corrected chi connectivity index (χ2v) is 6.97. The van der Waals surface area contributed by atoms with Crippen molar-refractivity contribution in [2.75, 3.05) is 25.6 Å². The Bertz CT molecular complexity index is 524. The standard InChI is InChI=1S/C12H20ClN3O3S/c1-2-15-9-12(14-10-15)20(17,18)16-6-3-11(4-7-16)19-8-5-13/h9-11H,2-8H2,1H3. The molecule has 1 aromatic heterocycles. The number of hydrogen-bond acceptors (Lipinski definition) is 4. The molecule has 0 N–H and O–H groups in total. The van der Waals surface area contributed by atoms with Crippen molar-refractivity contribution in [2.24, 2.45) is 0 Å². The third-order valence-corrected chi connectivity index (χ3v) is 5.35. The van der Waals surface area contributed by atoms with Crippen molar-refractivity contribution in [1.82, 2.24) is 13.9 Å². The van der Waals surface area contributed by atoms with Crippen molar-refractivity contribution in [3.63, 3.8) is 0 Å². The molecule has 1 aliphatic rings. The number of sulfonamides is 1. The molecule has 0 unspecified atom stereocenters. The highest BCUT2D eigenvalue weighted by atomic mass is 35.5. The number of alkyl halides is 1. The summed E-state index contributed by atoms with van der Waals surface area (Å²) in [6.45, 7) is 4.09. The zero-order valence-corrected chi connectivity index (χ0v) is 13.1. The van der Waals surface area contributed by atoms with Crippen LogP contribution in [0.2, 0.25) is 0 Å². The molecule has 114 valence electrons. The zero-order valence-electron chi connectivity index (χ0n) is 11.5. The number of halogens is 1. The molecule has 1 aromatic rings. The van der Waals surface area contributed by atoms with E-state index in [1.807, 2.05) is 6.92 Å². The maximum Gasteiger partial charge on any atom is 0.262 e. The van der Waals surface area contributed by atoms with Gasteiger partial charge in [-0.1, -0.05) is 0 Å². The van der Waals surface area contributed by atoms with E-state index >= 15 is 0 Å². The van der Waals surface area contributed by atoms with Gasteiger partial charge < -0.3 is 9.30 Å². The fourth-order valence-corrected chi connectivity index (χ4v) is 3.72. The molecule has 0 aromatic carbocycles. The Hall–Kier alpha value is -0.630. The highest BCUT2D eigenvalue weighted by Gasteiger charge is 2.31. The van der Waals surface area contributed by atoms with Crippen molar-refractivity contribution in [3.05, 3.63) is 12.5 Å². The second kappa shape index (κ2) is 6.89. The van der Waals surface area contributed by atoms with E-state index in [1.165, 1.54) is 4.31 Å². The van der Waals surface area contributed by atoms with Crippen LogP contribution in [0.3, 0.4) is 0 Å². The van der Waals surface area contributed by atoms with E-state index in [-0.39, 0.29) is 11.1 Å². The Labute approximate surface area is 124 Å². The van der Waals surface area contributed by atoms with Crippen molar-refractivity contribution in [2.45, 2.75) is 37.4 Å². The van der Waals surface area contributed by atoms with Gasteiger partial charge in [-0.25, -0.2) is 13.4 Å². The number of aromatic nitrogens is 2. The minimum Gasteiger partial charge on any atom is -0.377 e. The van der Waals surface area contributed by atoms with E-state index in [0.717, 1.165) is 0 Å². The molecule has 0 amide bonds. The Morgan fingerprint density at radius 3 is 2.70 bits per heavy atom. The number of ether oxygens (including phenoxy) is 1. The smallest absolute Gasteiger partial charge is 0.262 e. The van der Waals surface area contributed by atoms with Crippen LogP contribution < -0.4 is 0 Å². The number of hydrogen-bond donors (Lipinski definition) is 0. The van der Waals surface area contributed by atoms with Crippen molar-refractivity contribution < 1.29 is 13.2 Å². The maximum absolute atomic E-state index is 12.4. The highest BCUT2D eigenvalue weighted by molar-refractivity contribution is 7.89. The predicted molar refractivity (Wildman–Crippen MR) is 76.4 cm³/mol. The topological polar surface area (TPSA) is 64.4 Å². The molecule has 0 bridgehead atoms. The lowest BCUT2D eigenvalue weighted by molar-refractivity contribution is 0.0301. The molecule has 0 spiro atoms. The summed E-state index contributed by atoms with van der Waals surface area (Å²) in [6, 6.07) is 0. The average Bonchev–Trinajstić information content (AvgIpc) is 2.95. The highest BCUT2D eigenvalue weighted by Crippen LogP contribution is 2.21. The summed E-state index contributed by atoms with van der Waals surface area (Å²) >= 11 is 5.58.